The Kier molecular flexibility index (Phi) is 5.87. The first-order chi connectivity index (χ1) is 12.3. The van der Waals surface area contributed by atoms with Crippen LogP contribution in [-0.2, 0) is 0 Å². The van der Waals surface area contributed by atoms with E-state index in [0.717, 1.165) is 47.8 Å². The maximum Gasteiger partial charge on any atom is 0.156 e. The zero-order chi connectivity index (χ0) is 17.2. The van der Waals surface area contributed by atoms with Crippen LogP contribution in [0.1, 0.15) is 36.3 Å². The molecule has 2 N–H and O–H groups in total. The average Bonchev–Trinajstić information content (AvgIpc) is 3.10. The molecule has 1 aromatic heterocycles. The molecular weight excluding hydrogens is 369 g/mol. The maximum absolute atomic E-state index is 9.94. The van der Waals surface area contributed by atoms with E-state index >= 15 is 0 Å². The lowest BCUT2D eigenvalue weighted by molar-refractivity contribution is 0.246. The summed E-state index contributed by atoms with van der Waals surface area (Å²) in [7, 11) is 0. The van der Waals surface area contributed by atoms with Crippen molar-refractivity contribution >= 4 is 29.8 Å². The second-order valence-electron chi connectivity index (χ2n) is 6.61. The number of nitrogens with one attached hydrogen (secondary N) is 2. The van der Waals surface area contributed by atoms with E-state index in [2.05, 4.69) is 26.5 Å². The molecule has 2 aliphatic heterocycles. The molecule has 1 fully saturated rings. The number of benzene rings is 1. The van der Waals surface area contributed by atoms with Gasteiger partial charge in [-0.2, -0.15) is 10.4 Å². The monoisotopic (exact) mass is 389 g/mol. The van der Waals surface area contributed by atoms with E-state index in [1.54, 1.807) is 0 Å². The Bertz CT molecular complexity index is 846. The van der Waals surface area contributed by atoms with Crippen molar-refractivity contribution < 1.29 is 0 Å². The van der Waals surface area contributed by atoms with Crippen molar-refractivity contribution in [1.29, 1.82) is 5.26 Å². The van der Waals surface area contributed by atoms with Crippen LogP contribution < -0.4 is 5.32 Å². The van der Waals surface area contributed by atoms with Gasteiger partial charge in [0, 0.05) is 29.0 Å². The Hall–Kier alpha value is -2.00. The van der Waals surface area contributed by atoms with E-state index in [1.165, 1.54) is 19.3 Å². The van der Waals surface area contributed by atoms with E-state index in [4.69, 9.17) is 11.6 Å². The highest BCUT2D eigenvalue weighted by molar-refractivity contribution is 6.31. The number of hydrogen-bond donors (Lipinski definition) is 2. The molecule has 2 aliphatic rings. The summed E-state index contributed by atoms with van der Waals surface area (Å²) in [6, 6.07) is 10.2. The van der Waals surface area contributed by atoms with Gasteiger partial charge in [0.05, 0.1) is 17.6 Å². The van der Waals surface area contributed by atoms with Gasteiger partial charge in [-0.25, -0.2) is 0 Å². The smallest absolute Gasteiger partial charge is 0.156 e. The van der Waals surface area contributed by atoms with Gasteiger partial charge in [-0.3, -0.25) is 10.00 Å². The minimum atomic E-state index is -0.187. The minimum Gasteiger partial charge on any atom is -0.340 e. The Labute approximate surface area is 164 Å². The van der Waals surface area contributed by atoms with Gasteiger partial charge in [0.25, 0.3) is 0 Å². The molecule has 1 unspecified atom stereocenters. The number of anilines is 1. The standard InChI is InChI=1S/C19H20ClN5.ClH/c20-16-7-3-2-6-13(16)18-14(10-21)17(12-25-8-4-1-5-9-25)23-19-15(18)11-22-24-19;/h2-3,6-7,11,18H,1,4-5,8-9,12H2,(H2,22,23,24);1H. The van der Waals surface area contributed by atoms with Crippen LogP contribution in [0, 0.1) is 11.3 Å². The first-order valence-corrected chi connectivity index (χ1v) is 9.06. The number of likely N-dealkylation sites (tertiary alicyclic amines) is 1. The molecule has 5 nitrogen and oxygen atoms in total. The molecule has 0 saturated carbocycles. The molecule has 136 valence electrons. The van der Waals surface area contributed by atoms with Gasteiger partial charge in [-0.1, -0.05) is 36.2 Å². The summed E-state index contributed by atoms with van der Waals surface area (Å²) in [5.74, 6) is 0.601. The number of hydrogen-bond acceptors (Lipinski definition) is 4. The van der Waals surface area contributed by atoms with Crippen molar-refractivity contribution in [3.8, 4) is 6.07 Å². The highest BCUT2D eigenvalue weighted by atomic mass is 35.5. The van der Waals surface area contributed by atoms with Crippen LogP contribution in [0.5, 0.6) is 0 Å². The molecule has 3 heterocycles. The lowest BCUT2D eigenvalue weighted by Gasteiger charge is -2.32. The third kappa shape index (κ3) is 3.45. The van der Waals surface area contributed by atoms with Crippen molar-refractivity contribution in [2.24, 2.45) is 0 Å². The zero-order valence-electron chi connectivity index (χ0n) is 14.3. The molecule has 0 amide bonds. The number of nitriles is 1. The Morgan fingerprint density at radius 3 is 2.69 bits per heavy atom. The van der Waals surface area contributed by atoms with Crippen LogP contribution in [0.15, 0.2) is 41.7 Å². The van der Waals surface area contributed by atoms with Crippen molar-refractivity contribution in [1.82, 2.24) is 15.1 Å². The Morgan fingerprint density at radius 1 is 1.19 bits per heavy atom. The molecule has 1 saturated heterocycles. The van der Waals surface area contributed by atoms with Gasteiger partial charge in [0.1, 0.15) is 0 Å². The molecule has 1 aromatic carbocycles. The molecule has 2 aromatic rings. The van der Waals surface area contributed by atoms with Crippen LogP contribution >= 0.6 is 24.0 Å². The first-order valence-electron chi connectivity index (χ1n) is 8.68. The molecule has 0 bridgehead atoms. The van der Waals surface area contributed by atoms with E-state index in [1.807, 2.05) is 30.5 Å². The fourth-order valence-corrected chi connectivity index (χ4v) is 4.03. The second kappa shape index (κ2) is 8.13. The minimum absolute atomic E-state index is 0. The van der Waals surface area contributed by atoms with Crippen LogP contribution in [-0.4, -0.2) is 34.7 Å². The highest BCUT2D eigenvalue weighted by Crippen LogP contribution is 2.42. The zero-order valence-corrected chi connectivity index (χ0v) is 15.9. The van der Waals surface area contributed by atoms with Crippen LogP contribution in [0.4, 0.5) is 5.82 Å². The van der Waals surface area contributed by atoms with Crippen LogP contribution in [0.25, 0.3) is 0 Å². The number of H-pyrrole nitrogens is 1. The van der Waals surface area contributed by atoms with Gasteiger partial charge in [-0.15, -0.1) is 12.4 Å². The lowest BCUT2D eigenvalue weighted by atomic mass is 9.83. The molecule has 1 atom stereocenters. The number of fused-ring (bicyclic) bond motifs is 1. The number of piperidine rings is 1. The predicted octanol–water partition coefficient (Wildman–Crippen LogP) is 4.31. The molecule has 0 radical (unpaired) electrons. The van der Waals surface area contributed by atoms with E-state index in [-0.39, 0.29) is 18.3 Å². The van der Waals surface area contributed by atoms with Crippen LogP contribution in [0.3, 0.4) is 0 Å². The van der Waals surface area contributed by atoms with E-state index < -0.39 is 0 Å². The van der Waals surface area contributed by atoms with Crippen molar-refractivity contribution in [3.63, 3.8) is 0 Å². The van der Waals surface area contributed by atoms with Crippen molar-refractivity contribution in [3.05, 3.63) is 57.9 Å². The molecular formula is C19H21Cl2N5. The van der Waals surface area contributed by atoms with Crippen LogP contribution in [0.2, 0.25) is 5.02 Å². The van der Waals surface area contributed by atoms with Gasteiger partial charge in [-0.05, 0) is 37.6 Å². The normalized spacial score (nSPS) is 19.9. The maximum atomic E-state index is 9.94. The van der Waals surface area contributed by atoms with E-state index in [9.17, 15) is 5.26 Å². The summed E-state index contributed by atoms with van der Waals surface area (Å²) >= 11 is 6.46. The number of nitrogens with zero attached hydrogens (tertiary/aromatic N) is 3. The Morgan fingerprint density at radius 2 is 1.96 bits per heavy atom. The SMILES string of the molecule is Cl.N#CC1=C(CN2CCCCC2)Nc2n[nH]cc2C1c1ccccc1Cl. The summed E-state index contributed by atoms with van der Waals surface area (Å²) in [4.78, 5) is 2.41. The number of aromatic nitrogens is 2. The molecule has 4 rings (SSSR count). The number of rotatable bonds is 3. The van der Waals surface area contributed by atoms with Gasteiger partial charge >= 0.3 is 0 Å². The quantitative estimate of drug-likeness (QED) is 0.820. The third-order valence-electron chi connectivity index (χ3n) is 5.03. The molecule has 7 heteroatoms. The fraction of sp³-hybridized carbons (Fsp3) is 0.368. The topological polar surface area (TPSA) is 67.7 Å². The number of halogens is 2. The number of allylic oxidation sites excluding steroid dienone is 1. The summed E-state index contributed by atoms with van der Waals surface area (Å²) in [6.07, 6.45) is 5.58. The second-order valence-corrected chi connectivity index (χ2v) is 7.02. The lowest BCUT2D eigenvalue weighted by Crippen LogP contribution is -2.34. The van der Waals surface area contributed by atoms with Gasteiger partial charge in [0.2, 0.25) is 0 Å². The Balaban J connectivity index is 0.00000196. The van der Waals surface area contributed by atoms with E-state index in [0.29, 0.717) is 5.02 Å². The van der Waals surface area contributed by atoms with Gasteiger partial charge in [0.15, 0.2) is 5.82 Å². The summed E-state index contributed by atoms with van der Waals surface area (Å²) in [5.41, 5.74) is 3.58. The summed E-state index contributed by atoms with van der Waals surface area (Å²) in [6.45, 7) is 2.90. The summed E-state index contributed by atoms with van der Waals surface area (Å²) < 4.78 is 0. The molecule has 0 spiro atoms. The van der Waals surface area contributed by atoms with Gasteiger partial charge < -0.3 is 5.32 Å². The third-order valence-corrected chi connectivity index (χ3v) is 5.38. The highest BCUT2D eigenvalue weighted by Gasteiger charge is 2.33. The first kappa shape index (κ1) is 18.8. The van der Waals surface area contributed by atoms with Crippen molar-refractivity contribution in [2.75, 3.05) is 25.0 Å². The fourth-order valence-electron chi connectivity index (χ4n) is 3.79. The summed E-state index contributed by atoms with van der Waals surface area (Å²) in [5, 5.41) is 21.2. The molecule has 26 heavy (non-hydrogen) atoms. The largest absolute Gasteiger partial charge is 0.340 e. The number of aromatic amines is 1. The van der Waals surface area contributed by atoms with Crippen molar-refractivity contribution in [2.45, 2.75) is 25.2 Å². The average molecular weight is 390 g/mol. The molecule has 0 aliphatic carbocycles. The predicted molar refractivity (Wildman–Crippen MR) is 106 cm³/mol.